The molecule has 5 heteroatoms. The molecule has 1 heterocycles. The maximum atomic E-state index is 13.1. The highest BCUT2D eigenvalue weighted by molar-refractivity contribution is 5.97. The van der Waals surface area contributed by atoms with Gasteiger partial charge in [-0.25, -0.2) is 4.39 Å². The standard InChI is InChI=1S/C13H17FN2O2/c1-8(9(2)15)13(17)16-5-6-18-12-7-10(14)3-4-11(12)16/h3-4,7-9H,5-6,15H2,1-2H3. The first-order valence-electron chi connectivity index (χ1n) is 6.00. The van der Waals surface area contributed by atoms with Gasteiger partial charge < -0.3 is 15.4 Å². The number of rotatable bonds is 2. The van der Waals surface area contributed by atoms with Gasteiger partial charge in [0.2, 0.25) is 5.91 Å². The highest BCUT2D eigenvalue weighted by atomic mass is 19.1. The van der Waals surface area contributed by atoms with E-state index in [2.05, 4.69) is 0 Å². The summed E-state index contributed by atoms with van der Waals surface area (Å²) < 4.78 is 18.5. The van der Waals surface area contributed by atoms with Gasteiger partial charge in [-0.3, -0.25) is 4.79 Å². The van der Waals surface area contributed by atoms with Crippen LogP contribution in [0, 0.1) is 11.7 Å². The van der Waals surface area contributed by atoms with E-state index >= 15 is 0 Å². The van der Waals surface area contributed by atoms with Gasteiger partial charge in [0.25, 0.3) is 0 Å². The van der Waals surface area contributed by atoms with Crippen molar-refractivity contribution in [3.8, 4) is 5.75 Å². The molecule has 4 nitrogen and oxygen atoms in total. The van der Waals surface area contributed by atoms with E-state index in [0.29, 0.717) is 24.6 Å². The lowest BCUT2D eigenvalue weighted by Gasteiger charge is -2.32. The number of anilines is 1. The third-order valence-corrected chi connectivity index (χ3v) is 3.23. The quantitative estimate of drug-likeness (QED) is 0.868. The average Bonchev–Trinajstić information content (AvgIpc) is 2.35. The molecule has 0 saturated carbocycles. The summed E-state index contributed by atoms with van der Waals surface area (Å²) >= 11 is 0. The van der Waals surface area contributed by atoms with Crippen LogP contribution in [0.5, 0.6) is 5.75 Å². The number of amides is 1. The molecular formula is C13H17FN2O2. The minimum Gasteiger partial charge on any atom is -0.489 e. The first-order valence-corrected chi connectivity index (χ1v) is 6.00. The van der Waals surface area contributed by atoms with Gasteiger partial charge in [-0.15, -0.1) is 0 Å². The number of nitrogens with two attached hydrogens (primary N) is 1. The van der Waals surface area contributed by atoms with E-state index in [9.17, 15) is 9.18 Å². The van der Waals surface area contributed by atoms with Crippen LogP contribution in [0.25, 0.3) is 0 Å². The van der Waals surface area contributed by atoms with Gasteiger partial charge in [0.05, 0.1) is 18.2 Å². The molecule has 2 unspecified atom stereocenters. The summed E-state index contributed by atoms with van der Waals surface area (Å²) in [5.41, 5.74) is 6.36. The van der Waals surface area contributed by atoms with Gasteiger partial charge in [-0.05, 0) is 19.1 Å². The molecule has 2 atom stereocenters. The Morgan fingerprint density at radius 1 is 1.50 bits per heavy atom. The van der Waals surface area contributed by atoms with Crippen LogP contribution >= 0.6 is 0 Å². The minimum absolute atomic E-state index is 0.0545. The van der Waals surface area contributed by atoms with Crippen molar-refractivity contribution in [3.63, 3.8) is 0 Å². The smallest absolute Gasteiger partial charge is 0.231 e. The van der Waals surface area contributed by atoms with E-state index < -0.39 is 0 Å². The van der Waals surface area contributed by atoms with Crippen molar-refractivity contribution in [2.75, 3.05) is 18.1 Å². The zero-order valence-corrected chi connectivity index (χ0v) is 10.5. The van der Waals surface area contributed by atoms with Crippen molar-refractivity contribution < 1.29 is 13.9 Å². The summed E-state index contributed by atoms with van der Waals surface area (Å²) in [4.78, 5) is 13.9. The van der Waals surface area contributed by atoms with Crippen LogP contribution in [0.1, 0.15) is 13.8 Å². The second-order valence-electron chi connectivity index (χ2n) is 4.60. The van der Waals surface area contributed by atoms with Crippen molar-refractivity contribution in [2.24, 2.45) is 11.7 Å². The Kier molecular flexibility index (Phi) is 3.52. The predicted molar refractivity (Wildman–Crippen MR) is 67.1 cm³/mol. The SMILES string of the molecule is CC(N)C(C)C(=O)N1CCOc2cc(F)ccc21. The van der Waals surface area contributed by atoms with Crippen molar-refractivity contribution in [2.45, 2.75) is 19.9 Å². The van der Waals surface area contributed by atoms with Crippen molar-refractivity contribution in [1.82, 2.24) is 0 Å². The normalized spacial score (nSPS) is 17.7. The number of halogens is 1. The van der Waals surface area contributed by atoms with E-state index in [4.69, 9.17) is 10.5 Å². The van der Waals surface area contributed by atoms with Crippen LogP contribution in [-0.4, -0.2) is 25.1 Å². The maximum Gasteiger partial charge on any atom is 0.231 e. The number of ether oxygens (including phenoxy) is 1. The molecule has 1 amide bonds. The zero-order valence-electron chi connectivity index (χ0n) is 10.5. The first kappa shape index (κ1) is 12.8. The lowest BCUT2D eigenvalue weighted by molar-refractivity contribution is -0.122. The summed E-state index contributed by atoms with van der Waals surface area (Å²) in [7, 11) is 0. The van der Waals surface area contributed by atoms with Crippen LogP contribution in [0.3, 0.4) is 0 Å². The van der Waals surface area contributed by atoms with Crippen LogP contribution in [0.4, 0.5) is 10.1 Å². The topological polar surface area (TPSA) is 55.6 Å². The molecule has 1 aromatic rings. The van der Waals surface area contributed by atoms with E-state index in [-0.39, 0.29) is 23.7 Å². The molecular weight excluding hydrogens is 235 g/mol. The van der Waals surface area contributed by atoms with E-state index in [0.717, 1.165) is 0 Å². The molecule has 1 aliphatic rings. The highest BCUT2D eigenvalue weighted by Crippen LogP contribution is 2.33. The molecule has 0 spiro atoms. The van der Waals surface area contributed by atoms with Crippen LogP contribution in [-0.2, 0) is 4.79 Å². The van der Waals surface area contributed by atoms with Gasteiger partial charge >= 0.3 is 0 Å². The minimum atomic E-state index is -0.372. The lowest BCUT2D eigenvalue weighted by atomic mass is 10.0. The third kappa shape index (κ3) is 2.31. The number of fused-ring (bicyclic) bond motifs is 1. The molecule has 2 rings (SSSR count). The molecule has 98 valence electrons. The summed E-state index contributed by atoms with van der Waals surface area (Å²) in [5.74, 6) is -0.295. The molecule has 0 saturated heterocycles. The zero-order chi connectivity index (χ0) is 13.3. The predicted octanol–water partition coefficient (Wildman–Crippen LogP) is 1.53. The van der Waals surface area contributed by atoms with Gasteiger partial charge in [-0.2, -0.15) is 0 Å². The van der Waals surface area contributed by atoms with Crippen molar-refractivity contribution >= 4 is 11.6 Å². The summed E-state index contributed by atoms with van der Waals surface area (Å²) in [6.45, 7) is 4.43. The fraction of sp³-hybridized carbons (Fsp3) is 0.462. The molecule has 1 aliphatic heterocycles. The number of carbonyl (C=O) groups excluding carboxylic acids is 1. The van der Waals surface area contributed by atoms with E-state index in [1.54, 1.807) is 24.8 Å². The van der Waals surface area contributed by atoms with Crippen molar-refractivity contribution in [3.05, 3.63) is 24.0 Å². The molecule has 0 radical (unpaired) electrons. The van der Waals surface area contributed by atoms with E-state index in [1.165, 1.54) is 12.1 Å². The molecule has 0 bridgehead atoms. The monoisotopic (exact) mass is 252 g/mol. The Hall–Kier alpha value is -1.62. The first-order chi connectivity index (χ1) is 8.50. The Balaban J connectivity index is 2.30. The number of carbonyl (C=O) groups is 1. The Labute approximate surface area is 106 Å². The average molecular weight is 252 g/mol. The van der Waals surface area contributed by atoms with Gasteiger partial charge in [0, 0.05) is 12.1 Å². The third-order valence-electron chi connectivity index (χ3n) is 3.23. The number of nitrogens with zero attached hydrogens (tertiary/aromatic N) is 1. The Morgan fingerprint density at radius 3 is 2.89 bits per heavy atom. The highest BCUT2D eigenvalue weighted by Gasteiger charge is 2.28. The van der Waals surface area contributed by atoms with Gasteiger partial charge in [0.15, 0.2) is 0 Å². The second kappa shape index (κ2) is 4.94. The number of hydrogen-bond acceptors (Lipinski definition) is 3. The van der Waals surface area contributed by atoms with Gasteiger partial charge in [-0.1, -0.05) is 6.92 Å². The van der Waals surface area contributed by atoms with Gasteiger partial charge in [0.1, 0.15) is 18.2 Å². The Morgan fingerprint density at radius 2 is 2.22 bits per heavy atom. The molecule has 0 fully saturated rings. The maximum absolute atomic E-state index is 13.1. The van der Waals surface area contributed by atoms with Crippen LogP contribution < -0.4 is 15.4 Å². The number of benzene rings is 1. The summed E-state index contributed by atoms with van der Waals surface area (Å²) in [6.07, 6.45) is 0. The Bertz CT molecular complexity index is 462. The largest absolute Gasteiger partial charge is 0.489 e. The van der Waals surface area contributed by atoms with Crippen molar-refractivity contribution in [1.29, 1.82) is 0 Å². The molecule has 18 heavy (non-hydrogen) atoms. The molecule has 2 N–H and O–H groups in total. The van der Waals surface area contributed by atoms with Crippen LogP contribution in [0.2, 0.25) is 0 Å². The molecule has 0 aromatic heterocycles. The summed E-state index contributed by atoms with van der Waals surface area (Å²) in [5, 5.41) is 0. The summed E-state index contributed by atoms with van der Waals surface area (Å²) in [6, 6.07) is 3.97. The molecule has 1 aromatic carbocycles. The molecule has 0 aliphatic carbocycles. The second-order valence-corrected chi connectivity index (χ2v) is 4.60. The fourth-order valence-corrected chi connectivity index (χ4v) is 1.89. The van der Waals surface area contributed by atoms with E-state index in [1.807, 2.05) is 0 Å². The van der Waals surface area contributed by atoms with Crippen LogP contribution in [0.15, 0.2) is 18.2 Å². The fourth-order valence-electron chi connectivity index (χ4n) is 1.89. The number of hydrogen-bond donors (Lipinski definition) is 1. The lowest BCUT2D eigenvalue weighted by Crippen LogP contribution is -2.45.